The molecule has 0 N–H and O–H groups in total. The lowest BCUT2D eigenvalue weighted by atomic mass is 10.0. The van der Waals surface area contributed by atoms with Gasteiger partial charge in [0.15, 0.2) is 0 Å². The molecule has 1 rings (SSSR count). The molecule has 0 aromatic carbocycles. The SMILES string of the molecule is CCC(C)C(=O)CS(=O)C1CCCCC1. The van der Waals surface area contributed by atoms with Gasteiger partial charge >= 0.3 is 0 Å². The number of rotatable bonds is 5. The highest BCUT2D eigenvalue weighted by molar-refractivity contribution is 7.86. The highest BCUT2D eigenvalue weighted by Gasteiger charge is 2.23. The number of carbonyl (C=O) groups excluding carboxylic acids is 1. The Morgan fingerprint density at radius 3 is 2.47 bits per heavy atom. The van der Waals surface area contributed by atoms with Gasteiger partial charge in [-0.2, -0.15) is 0 Å². The molecule has 1 aliphatic rings. The van der Waals surface area contributed by atoms with Gasteiger partial charge in [-0.1, -0.05) is 33.1 Å². The van der Waals surface area contributed by atoms with Gasteiger partial charge in [-0.25, -0.2) is 0 Å². The van der Waals surface area contributed by atoms with Crippen LogP contribution in [0.15, 0.2) is 0 Å². The molecule has 0 bridgehead atoms. The zero-order valence-electron chi connectivity index (χ0n) is 9.83. The predicted octanol–water partition coefficient (Wildman–Crippen LogP) is 2.68. The number of Topliss-reactive ketones (excluding diaryl/α,β-unsaturated/α-hetero) is 1. The Bertz CT molecular complexity index is 232. The third kappa shape index (κ3) is 4.06. The molecule has 1 aliphatic carbocycles. The van der Waals surface area contributed by atoms with Gasteiger partial charge < -0.3 is 0 Å². The predicted molar refractivity (Wildman–Crippen MR) is 64.3 cm³/mol. The van der Waals surface area contributed by atoms with Crippen LogP contribution in [0, 0.1) is 5.92 Å². The molecule has 0 aromatic heterocycles. The third-order valence-electron chi connectivity index (χ3n) is 3.37. The molecule has 0 radical (unpaired) electrons. The summed E-state index contributed by atoms with van der Waals surface area (Å²) in [6.45, 7) is 3.94. The molecule has 0 saturated heterocycles. The van der Waals surface area contributed by atoms with E-state index in [9.17, 15) is 9.00 Å². The molecule has 0 spiro atoms. The Morgan fingerprint density at radius 1 is 1.33 bits per heavy atom. The van der Waals surface area contributed by atoms with Crippen molar-refractivity contribution in [3.63, 3.8) is 0 Å². The first kappa shape index (κ1) is 12.9. The molecular formula is C12H22O2S. The van der Waals surface area contributed by atoms with Crippen molar-refractivity contribution in [3.8, 4) is 0 Å². The maximum atomic E-state index is 11.9. The van der Waals surface area contributed by atoms with E-state index in [-0.39, 0.29) is 11.7 Å². The van der Waals surface area contributed by atoms with Crippen molar-refractivity contribution in [1.29, 1.82) is 0 Å². The zero-order valence-corrected chi connectivity index (χ0v) is 10.6. The summed E-state index contributed by atoms with van der Waals surface area (Å²) < 4.78 is 11.9. The van der Waals surface area contributed by atoms with Gasteiger partial charge in [-0.05, 0) is 19.3 Å². The van der Waals surface area contributed by atoms with Crippen molar-refractivity contribution in [2.75, 3.05) is 5.75 Å². The summed E-state index contributed by atoms with van der Waals surface area (Å²) in [7, 11) is -0.908. The summed E-state index contributed by atoms with van der Waals surface area (Å²) >= 11 is 0. The summed E-state index contributed by atoms with van der Waals surface area (Å²) in [5.74, 6) is 0.554. The van der Waals surface area contributed by atoms with Crippen LogP contribution in [-0.4, -0.2) is 21.0 Å². The standard InChI is InChI=1S/C12H22O2S/c1-3-10(2)12(13)9-15(14)11-7-5-4-6-8-11/h10-11H,3-9H2,1-2H3. The Morgan fingerprint density at radius 2 is 1.93 bits per heavy atom. The summed E-state index contributed by atoms with van der Waals surface area (Å²) in [6, 6.07) is 0. The highest BCUT2D eigenvalue weighted by atomic mass is 32.2. The van der Waals surface area contributed by atoms with E-state index in [1.54, 1.807) is 0 Å². The molecule has 2 unspecified atom stereocenters. The third-order valence-corrected chi connectivity index (χ3v) is 5.15. The second-order valence-corrected chi connectivity index (χ2v) is 6.28. The summed E-state index contributed by atoms with van der Waals surface area (Å²) in [5.41, 5.74) is 0. The van der Waals surface area contributed by atoms with Crippen molar-refractivity contribution in [1.82, 2.24) is 0 Å². The zero-order chi connectivity index (χ0) is 11.3. The lowest BCUT2D eigenvalue weighted by molar-refractivity contribution is -0.119. The Hall–Kier alpha value is -0.180. The van der Waals surface area contributed by atoms with Crippen molar-refractivity contribution in [3.05, 3.63) is 0 Å². The molecule has 2 atom stereocenters. The summed E-state index contributed by atoms with van der Waals surface area (Å²) in [4.78, 5) is 11.6. The molecular weight excluding hydrogens is 208 g/mol. The first-order valence-electron chi connectivity index (χ1n) is 6.05. The Kier molecular flexibility index (Phi) is 5.51. The molecule has 3 heteroatoms. The van der Waals surface area contributed by atoms with Gasteiger partial charge in [0.05, 0.1) is 5.75 Å². The Labute approximate surface area is 95.3 Å². The van der Waals surface area contributed by atoms with Gasteiger partial charge in [0, 0.05) is 22.0 Å². The smallest absolute Gasteiger partial charge is 0.148 e. The first-order chi connectivity index (χ1) is 7.15. The molecule has 1 fully saturated rings. The molecule has 15 heavy (non-hydrogen) atoms. The van der Waals surface area contributed by atoms with E-state index in [2.05, 4.69) is 0 Å². The monoisotopic (exact) mass is 230 g/mol. The van der Waals surface area contributed by atoms with E-state index >= 15 is 0 Å². The average Bonchev–Trinajstić information content (AvgIpc) is 2.29. The lowest BCUT2D eigenvalue weighted by Crippen LogP contribution is -2.26. The molecule has 88 valence electrons. The summed E-state index contributed by atoms with van der Waals surface area (Å²) in [5, 5.41) is 0.298. The number of carbonyl (C=O) groups is 1. The number of ketones is 1. The minimum atomic E-state index is -0.908. The van der Waals surface area contributed by atoms with Crippen LogP contribution in [0.1, 0.15) is 52.4 Å². The van der Waals surface area contributed by atoms with Crippen LogP contribution in [0.3, 0.4) is 0 Å². The van der Waals surface area contributed by atoms with Crippen molar-refractivity contribution < 1.29 is 9.00 Å². The van der Waals surface area contributed by atoms with Gasteiger partial charge in [0.1, 0.15) is 5.78 Å². The number of hydrogen-bond acceptors (Lipinski definition) is 2. The minimum Gasteiger partial charge on any atom is -0.298 e. The maximum Gasteiger partial charge on any atom is 0.148 e. The first-order valence-corrected chi connectivity index (χ1v) is 7.43. The van der Waals surface area contributed by atoms with Crippen LogP contribution in [-0.2, 0) is 15.6 Å². The van der Waals surface area contributed by atoms with Crippen LogP contribution < -0.4 is 0 Å². The van der Waals surface area contributed by atoms with Crippen LogP contribution in [0.4, 0.5) is 0 Å². The van der Waals surface area contributed by atoms with Crippen LogP contribution in [0.5, 0.6) is 0 Å². The second kappa shape index (κ2) is 6.41. The summed E-state index contributed by atoms with van der Waals surface area (Å²) in [6.07, 6.45) is 6.62. The van der Waals surface area contributed by atoms with Gasteiger partial charge in [0.25, 0.3) is 0 Å². The molecule has 0 amide bonds. The maximum absolute atomic E-state index is 11.9. The molecule has 2 nitrogen and oxygen atoms in total. The van der Waals surface area contributed by atoms with E-state index in [4.69, 9.17) is 0 Å². The normalized spacial score (nSPS) is 22.3. The van der Waals surface area contributed by atoms with E-state index in [0.29, 0.717) is 11.0 Å². The number of hydrogen-bond donors (Lipinski definition) is 0. The molecule has 0 heterocycles. The van der Waals surface area contributed by atoms with Gasteiger partial charge in [0.2, 0.25) is 0 Å². The fourth-order valence-corrected chi connectivity index (χ4v) is 3.62. The van der Waals surface area contributed by atoms with E-state index in [0.717, 1.165) is 19.3 Å². The van der Waals surface area contributed by atoms with Crippen LogP contribution in [0.25, 0.3) is 0 Å². The quantitative estimate of drug-likeness (QED) is 0.727. The van der Waals surface area contributed by atoms with Crippen LogP contribution in [0.2, 0.25) is 0 Å². The average molecular weight is 230 g/mol. The Balaban J connectivity index is 2.37. The fraction of sp³-hybridized carbons (Fsp3) is 0.917. The lowest BCUT2D eigenvalue weighted by Gasteiger charge is -2.21. The topological polar surface area (TPSA) is 34.1 Å². The van der Waals surface area contributed by atoms with Gasteiger partial charge in [-0.15, -0.1) is 0 Å². The van der Waals surface area contributed by atoms with Crippen molar-refractivity contribution in [2.24, 2.45) is 5.92 Å². The van der Waals surface area contributed by atoms with Gasteiger partial charge in [-0.3, -0.25) is 9.00 Å². The minimum absolute atomic E-state index is 0.0811. The van der Waals surface area contributed by atoms with E-state index in [1.165, 1.54) is 19.3 Å². The van der Waals surface area contributed by atoms with Crippen molar-refractivity contribution in [2.45, 2.75) is 57.6 Å². The van der Waals surface area contributed by atoms with Crippen LogP contribution >= 0.6 is 0 Å². The van der Waals surface area contributed by atoms with E-state index in [1.807, 2.05) is 13.8 Å². The van der Waals surface area contributed by atoms with Crippen molar-refractivity contribution >= 4 is 16.6 Å². The highest BCUT2D eigenvalue weighted by Crippen LogP contribution is 2.22. The molecule has 1 saturated carbocycles. The largest absolute Gasteiger partial charge is 0.298 e. The van der Waals surface area contributed by atoms with E-state index < -0.39 is 10.8 Å². The fourth-order valence-electron chi connectivity index (χ4n) is 1.96. The second-order valence-electron chi connectivity index (χ2n) is 4.56. The molecule has 0 aromatic rings. The molecule has 0 aliphatic heterocycles.